The third kappa shape index (κ3) is 7.12. The quantitative estimate of drug-likeness (QED) is 0.232. The molecule has 6 nitrogen and oxygen atoms in total. The van der Waals surface area contributed by atoms with E-state index >= 15 is 0 Å². The number of fused-ring (bicyclic) bond motifs is 1. The molecule has 35 heavy (non-hydrogen) atoms. The van der Waals surface area contributed by atoms with E-state index in [1.165, 1.54) is 4.90 Å². The van der Waals surface area contributed by atoms with E-state index in [2.05, 4.69) is 18.2 Å². The van der Waals surface area contributed by atoms with Gasteiger partial charge in [0.15, 0.2) is 23.9 Å². The second-order valence-electron chi connectivity index (χ2n) is 7.23. The van der Waals surface area contributed by atoms with E-state index in [0.717, 1.165) is 39.5 Å². The van der Waals surface area contributed by atoms with Crippen LogP contribution < -0.4 is 25.3 Å². The number of hydrogen-bond donors (Lipinski definition) is 2. The number of terminal acetylenes is 1. The predicted molar refractivity (Wildman–Crippen MR) is 144 cm³/mol. The third-order valence-electron chi connectivity index (χ3n) is 4.96. The highest BCUT2D eigenvalue weighted by Gasteiger charge is 2.20. The summed E-state index contributed by atoms with van der Waals surface area (Å²) in [4.78, 5) is 13.6. The summed E-state index contributed by atoms with van der Waals surface area (Å²) in [6.45, 7) is 2.11. The van der Waals surface area contributed by atoms with E-state index in [1.807, 2.05) is 36.4 Å². The van der Waals surface area contributed by atoms with Crippen LogP contribution in [-0.4, -0.2) is 31.8 Å². The molecule has 3 N–H and O–H groups in total. The standard InChI is InChI=1S/C18H16O2S.C9H12N2O2S/c1-3-14-5-9-16(10-6-14)20-18(13-19)15-7-11-17(12-8-15)21-4-2;1-12-6-3-5-8(4-7(6)13-2)14-9(10)11-5/h1,5-13,18H,4H2,2H3;3-4,9,11H,10H2,1-2H3. The van der Waals surface area contributed by atoms with Gasteiger partial charge in [0, 0.05) is 21.4 Å². The molecule has 182 valence electrons. The van der Waals surface area contributed by atoms with Gasteiger partial charge in [0.2, 0.25) is 0 Å². The first-order chi connectivity index (χ1) is 17.0. The average Bonchev–Trinajstić information content (AvgIpc) is 3.26. The van der Waals surface area contributed by atoms with Crippen LogP contribution in [0.25, 0.3) is 0 Å². The topological polar surface area (TPSA) is 82.8 Å². The molecule has 0 fully saturated rings. The van der Waals surface area contributed by atoms with Crippen molar-refractivity contribution < 1.29 is 19.0 Å². The SMILES string of the molecule is C#Cc1ccc(OC(C=O)c2ccc(SCC)cc2)cc1.COc1cc2c(cc1OC)SC(N)N2. The van der Waals surface area contributed by atoms with Gasteiger partial charge in [0.25, 0.3) is 0 Å². The molecule has 1 heterocycles. The first-order valence-electron chi connectivity index (χ1n) is 10.9. The summed E-state index contributed by atoms with van der Waals surface area (Å²) in [7, 11) is 3.24. The lowest BCUT2D eigenvalue weighted by atomic mass is 10.1. The van der Waals surface area contributed by atoms with Crippen molar-refractivity contribution in [3.63, 3.8) is 0 Å². The zero-order chi connectivity index (χ0) is 25.2. The molecule has 0 radical (unpaired) electrons. The van der Waals surface area contributed by atoms with Gasteiger partial charge < -0.3 is 25.3 Å². The highest BCUT2D eigenvalue weighted by Crippen LogP contribution is 2.43. The number of ether oxygens (including phenoxy) is 3. The van der Waals surface area contributed by atoms with Crippen LogP contribution in [0.5, 0.6) is 17.2 Å². The number of hydrogen-bond acceptors (Lipinski definition) is 8. The molecule has 1 aliphatic heterocycles. The summed E-state index contributed by atoms with van der Waals surface area (Å²) in [6, 6.07) is 18.8. The third-order valence-corrected chi connectivity index (χ3v) is 6.82. The smallest absolute Gasteiger partial charge is 0.179 e. The largest absolute Gasteiger partial charge is 0.493 e. The number of carbonyl (C=O) groups is 1. The van der Waals surface area contributed by atoms with Gasteiger partial charge in [-0.2, -0.15) is 0 Å². The molecular weight excluding hydrogens is 480 g/mol. The van der Waals surface area contributed by atoms with Crippen molar-refractivity contribution in [1.29, 1.82) is 0 Å². The number of rotatable bonds is 8. The molecule has 0 bridgehead atoms. The highest BCUT2D eigenvalue weighted by molar-refractivity contribution is 8.00. The molecule has 2 atom stereocenters. The van der Waals surface area contributed by atoms with Crippen molar-refractivity contribution in [2.45, 2.75) is 28.3 Å². The number of anilines is 1. The average molecular weight is 509 g/mol. The maximum absolute atomic E-state index is 11.3. The van der Waals surface area contributed by atoms with Gasteiger partial charge in [-0.05, 0) is 53.8 Å². The summed E-state index contributed by atoms with van der Waals surface area (Å²) in [5, 5.41) is 3.13. The van der Waals surface area contributed by atoms with E-state index in [-0.39, 0.29) is 5.50 Å². The van der Waals surface area contributed by atoms with Gasteiger partial charge >= 0.3 is 0 Å². The second-order valence-corrected chi connectivity index (χ2v) is 9.75. The molecule has 0 spiro atoms. The summed E-state index contributed by atoms with van der Waals surface area (Å²) in [6.07, 6.45) is 5.50. The zero-order valence-electron chi connectivity index (χ0n) is 19.8. The number of methoxy groups -OCH3 is 2. The molecule has 0 saturated carbocycles. The van der Waals surface area contributed by atoms with Crippen molar-refractivity contribution in [3.8, 4) is 29.6 Å². The fourth-order valence-corrected chi connectivity index (χ4v) is 4.80. The van der Waals surface area contributed by atoms with Gasteiger partial charge in [-0.3, -0.25) is 4.79 Å². The Balaban J connectivity index is 0.000000211. The number of thioether (sulfide) groups is 2. The van der Waals surface area contributed by atoms with Gasteiger partial charge in [-0.25, -0.2) is 0 Å². The van der Waals surface area contributed by atoms with Crippen LogP contribution >= 0.6 is 23.5 Å². The van der Waals surface area contributed by atoms with E-state index in [1.54, 1.807) is 62.0 Å². The molecular formula is C27H28N2O4S2. The molecule has 0 saturated heterocycles. The Morgan fingerprint density at radius 3 is 2.34 bits per heavy atom. The molecule has 0 aliphatic carbocycles. The van der Waals surface area contributed by atoms with E-state index in [4.69, 9.17) is 26.4 Å². The first kappa shape index (κ1) is 26.4. The monoisotopic (exact) mass is 508 g/mol. The van der Waals surface area contributed by atoms with Crippen molar-refractivity contribution in [2.75, 3.05) is 25.3 Å². The van der Waals surface area contributed by atoms with Crippen LogP contribution in [-0.2, 0) is 4.79 Å². The van der Waals surface area contributed by atoms with E-state index < -0.39 is 6.10 Å². The lowest BCUT2D eigenvalue weighted by molar-refractivity contribution is -0.113. The number of nitrogens with one attached hydrogen (secondary N) is 1. The number of carbonyl (C=O) groups excluding carboxylic acids is 1. The number of benzene rings is 3. The zero-order valence-corrected chi connectivity index (χ0v) is 21.4. The van der Waals surface area contributed by atoms with Crippen molar-refractivity contribution in [2.24, 2.45) is 5.73 Å². The molecule has 0 amide bonds. The molecule has 8 heteroatoms. The first-order valence-corrected chi connectivity index (χ1v) is 12.7. The predicted octanol–water partition coefficient (Wildman–Crippen LogP) is 5.56. The van der Waals surface area contributed by atoms with Crippen molar-refractivity contribution in [1.82, 2.24) is 0 Å². The molecule has 2 unspecified atom stereocenters. The maximum Gasteiger partial charge on any atom is 0.179 e. The molecule has 0 aromatic heterocycles. The number of aldehydes is 1. The Morgan fingerprint density at radius 1 is 1.11 bits per heavy atom. The van der Waals surface area contributed by atoms with Crippen LogP contribution in [0.15, 0.2) is 70.5 Å². The lowest BCUT2D eigenvalue weighted by Gasteiger charge is -2.14. The minimum atomic E-state index is -0.609. The van der Waals surface area contributed by atoms with Gasteiger partial charge in [-0.1, -0.05) is 36.7 Å². The van der Waals surface area contributed by atoms with Crippen LogP contribution in [0.4, 0.5) is 5.69 Å². The summed E-state index contributed by atoms with van der Waals surface area (Å²) >= 11 is 3.33. The minimum Gasteiger partial charge on any atom is -0.493 e. The van der Waals surface area contributed by atoms with Gasteiger partial charge in [0.05, 0.1) is 19.9 Å². The molecule has 4 rings (SSSR count). The normalized spacial score (nSPS) is 14.3. The van der Waals surface area contributed by atoms with Crippen LogP contribution in [0, 0.1) is 12.3 Å². The fourth-order valence-electron chi connectivity index (χ4n) is 3.26. The molecule has 3 aromatic carbocycles. The van der Waals surface area contributed by atoms with Crippen molar-refractivity contribution >= 4 is 35.5 Å². The van der Waals surface area contributed by atoms with Crippen molar-refractivity contribution in [3.05, 3.63) is 71.8 Å². The Kier molecular flexibility index (Phi) is 9.79. The summed E-state index contributed by atoms with van der Waals surface area (Å²) in [5.41, 5.74) is 8.28. The van der Waals surface area contributed by atoms with Gasteiger partial charge in [-0.15, -0.1) is 18.2 Å². The Labute approximate surface area is 214 Å². The maximum atomic E-state index is 11.3. The number of nitrogens with two attached hydrogens (primary N) is 1. The van der Waals surface area contributed by atoms with Crippen LogP contribution in [0.1, 0.15) is 24.2 Å². The van der Waals surface area contributed by atoms with E-state index in [0.29, 0.717) is 11.5 Å². The molecule has 1 aliphatic rings. The minimum absolute atomic E-state index is 0.0817. The van der Waals surface area contributed by atoms with Crippen LogP contribution in [0.3, 0.4) is 0 Å². The van der Waals surface area contributed by atoms with Crippen LogP contribution in [0.2, 0.25) is 0 Å². The van der Waals surface area contributed by atoms with Gasteiger partial charge in [0.1, 0.15) is 11.2 Å². The Bertz CT molecular complexity index is 1130. The molecule has 3 aromatic rings. The Morgan fingerprint density at radius 2 is 1.77 bits per heavy atom. The highest BCUT2D eigenvalue weighted by atomic mass is 32.2. The Hall–Kier alpha value is -3.25. The fraction of sp³-hybridized carbons (Fsp3) is 0.222. The van der Waals surface area contributed by atoms with E-state index in [9.17, 15) is 4.79 Å². The summed E-state index contributed by atoms with van der Waals surface area (Å²) < 4.78 is 16.1. The lowest BCUT2D eigenvalue weighted by Crippen LogP contribution is -2.20. The second kappa shape index (κ2) is 13.0. The summed E-state index contributed by atoms with van der Waals surface area (Å²) in [5.74, 6) is 5.64.